The van der Waals surface area contributed by atoms with Gasteiger partial charge in [0.05, 0.1) is 0 Å². The van der Waals surface area contributed by atoms with E-state index in [0.29, 0.717) is 10.8 Å². The molecular formula is C16H11ClN4S. The summed E-state index contributed by atoms with van der Waals surface area (Å²) in [5.74, 6) is 0.702. The molecule has 0 saturated carbocycles. The highest BCUT2D eigenvalue weighted by atomic mass is 35.5. The zero-order valence-electron chi connectivity index (χ0n) is 11.7. The molecule has 0 aliphatic heterocycles. The Morgan fingerprint density at radius 3 is 2.73 bits per heavy atom. The monoisotopic (exact) mass is 326 g/mol. The average molecular weight is 327 g/mol. The normalized spacial score (nSPS) is 11.2. The Balaban J connectivity index is 1.88. The lowest BCUT2D eigenvalue weighted by atomic mass is 10.1. The number of aryl methyl sites for hydroxylation is 1. The van der Waals surface area contributed by atoms with Crippen LogP contribution >= 0.6 is 22.9 Å². The lowest BCUT2D eigenvalue weighted by Gasteiger charge is -2.00. The lowest BCUT2D eigenvalue weighted by molar-refractivity contribution is 0.970. The quantitative estimate of drug-likeness (QED) is 0.545. The fourth-order valence-corrected chi connectivity index (χ4v) is 3.47. The molecule has 0 bridgehead atoms. The molecule has 0 N–H and O–H groups in total. The van der Waals surface area contributed by atoms with Gasteiger partial charge in [0, 0.05) is 16.1 Å². The van der Waals surface area contributed by atoms with Gasteiger partial charge in [-0.05, 0) is 24.6 Å². The molecule has 2 heterocycles. The summed E-state index contributed by atoms with van der Waals surface area (Å²) < 4.78 is 1.78. The second kappa shape index (κ2) is 5.19. The summed E-state index contributed by atoms with van der Waals surface area (Å²) in [7, 11) is 0. The van der Waals surface area contributed by atoms with E-state index >= 15 is 0 Å². The van der Waals surface area contributed by atoms with E-state index < -0.39 is 0 Å². The first-order chi connectivity index (χ1) is 10.7. The summed E-state index contributed by atoms with van der Waals surface area (Å²) in [6.45, 7) is 2.08. The molecule has 0 saturated heterocycles. The smallest absolute Gasteiger partial charge is 0.182 e. The van der Waals surface area contributed by atoms with Gasteiger partial charge >= 0.3 is 0 Å². The zero-order chi connectivity index (χ0) is 15.1. The molecule has 4 rings (SSSR count). The van der Waals surface area contributed by atoms with Gasteiger partial charge in [-0.25, -0.2) is 0 Å². The minimum Gasteiger partial charge on any atom is -0.182 e. The Morgan fingerprint density at radius 2 is 1.91 bits per heavy atom. The predicted molar refractivity (Wildman–Crippen MR) is 89.3 cm³/mol. The number of benzene rings is 2. The molecule has 6 heteroatoms. The molecule has 0 fully saturated rings. The maximum Gasteiger partial charge on any atom is 0.235 e. The number of nitrogens with zero attached hydrogens (tertiary/aromatic N) is 4. The van der Waals surface area contributed by atoms with Crippen molar-refractivity contribution in [1.29, 1.82) is 0 Å². The average Bonchev–Trinajstić information content (AvgIpc) is 3.07. The Bertz CT molecular complexity index is 973. The topological polar surface area (TPSA) is 43.1 Å². The van der Waals surface area contributed by atoms with Gasteiger partial charge in [-0.3, -0.25) is 0 Å². The summed E-state index contributed by atoms with van der Waals surface area (Å²) in [5, 5.41) is 14.7. The van der Waals surface area contributed by atoms with Crippen LogP contribution in [-0.2, 0) is 0 Å². The second-order valence-electron chi connectivity index (χ2n) is 4.95. The largest absolute Gasteiger partial charge is 0.235 e. The molecule has 0 atom stereocenters. The van der Waals surface area contributed by atoms with Gasteiger partial charge in [-0.15, -0.1) is 10.2 Å². The molecule has 108 valence electrons. The van der Waals surface area contributed by atoms with E-state index in [2.05, 4.69) is 34.4 Å². The molecule has 4 nitrogen and oxygen atoms in total. The van der Waals surface area contributed by atoms with Crippen LogP contribution in [0.3, 0.4) is 0 Å². The number of fused-ring (bicyclic) bond motifs is 1. The van der Waals surface area contributed by atoms with Crippen molar-refractivity contribution in [3.8, 4) is 22.0 Å². The van der Waals surface area contributed by atoms with Crippen LogP contribution in [0.4, 0.5) is 0 Å². The van der Waals surface area contributed by atoms with Gasteiger partial charge < -0.3 is 0 Å². The molecule has 2 aromatic heterocycles. The minimum atomic E-state index is 0.670. The van der Waals surface area contributed by atoms with E-state index in [9.17, 15) is 0 Å². The van der Waals surface area contributed by atoms with Crippen LogP contribution in [0.5, 0.6) is 0 Å². The molecule has 22 heavy (non-hydrogen) atoms. The Morgan fingerprint density at radius 1 is 1.05 bits per heavy atom. The molecule has 0 spiro atoms. The van der Waals surface area contributed by atoms with Crippen molar-refractivity contribution in [2.24, 2.45) is 0 Å². The first-order valence-corrected chi connectivity index (χ1v) is 7.96. The number of halogens is 1. The van der Waals surface area contributed by atoms with E-state index in [1.54, 1.807) is 4.52 Å². The second-order valence-corrected chi connectivity index (χ2v) is 6.34. The van der Waals surface area contributed by atoms with Crippen LogP contribution in [0.15, 0.2) is 48.5 Å². The van der Waals surface area contributed by atoms with Crippen LogP contribution in [0.2, 0.25) is 5.02 Å². The lowest BCUT2D eigenvalue weighted by Crippen LogP contribution is -1.91. The highest BCUT2D eigenvalue weighted by Gasteiger charge is 2.15. The van der Waals surface area contributed by atoms with Crippen molar-refractivity contribution in [3.63, 3.8) is 0 Å². The highest BCUT2D eigenvalue weighted by Crippen LogP contribution is 2.30. The Kier molecular flexibility index (Phi) is 3.17. The van der Waals surface area contributed by atoms with E-state index in [1.807, 2.05) is 36.4 Å². The van der Waals surface area contributed by atoms with Crippen LogP contribution in [0.25, 0.3) is 26.9 Å². The van der Waals surface area contributed by atoms with Gasteiger partial charge in [0.15, 0.2) is 5.82 Å². The van der Waals surface area contributed by atoms with E-state index in [-0.39, 0.29) is 0 Å². The SMILES string of the molecule is Cc1ccccc1-c1nn2c(-c3cccc(Cl)c3)nnc2s1. The van der Waals surface area contributed by atoms with E-state index in [4.69, 9.17) is 11.6 Å². The summed E-state index contributed by atoms with van der Waals surface area (Å²) in [4.78, 5) is 0.772. The first-order valence-electron chi connectivity index (χ1n) is 6.76. The fourth-order valence-electron chi connectivity index (χ4n) is 2.35. The molecule has 4 aromatic rings. The van der Waals surface area contributed by atoms with Crippen LogP contribution in [-0.4, -0.2) is 19.8 Å². The number of aromatic nitrogens is 4. The number of hydrogen-bond donors (Lipinski definition) is 0. The first kappa shape index (κ1) is 13.4. The molecule has 2 aromatic carbocycles. The van der Waals surface area contributed by atoms with E-state index in [1.165, 1.54) is 16.9 Å². The third-order valence-electron chi connectivity index (χ3n) is 3.45. The molecule has 0 aliphatic rings. The van der Waals surface area contributed by atoms with E-state index in [0.717, 1.165) is 21.1 Å². The van der Waals surface area contributed by atoms with Gasteiger partial charge in [-0.2, -0.15) is 9.61 Å². The highest BCUT2D eigenvalue weighted by molar-refractivity contribution is 7.19. The van der Waals surface area contributed by atoms with Gasteiger partial charge in [0.1, 0.15) is 5.01 Å². The van der Waals surface area contributed by atoms with Crippen molar-refractivity contribution < 1.29 is 0 Å². The van der Waals surface area contributed by atoms with Crippen LogP contribution in [0.1, 0.15) is 5.56 Å². The molecule has 0 aliphatic carbocycles. The summed E-state index contributed by atoms with van der Waals surface area (Å²) >= 11 is 7.59. The summed E-state index contributed by atoms with van der Waals surface area (Å²) in [6.07, 6.45) is 0. The molecule has 0 radical (unpaired) electrons. The van der Waals surface area contributed by atoms with Crippen molar-refractivity contribution in [2.75, 3.05) is 0 Å². The van der Waals surface area contributed by atoms with Crippen molar-refractivity contribution in [1.82, 2.24) is 19.8 Å². The van der Waals surface area contributed by atoms with Gasteiger partial charge in [0.2, 0.25) is 4.96 Å². The van der Waals surface area contributed by atoms with Crippen LogP contribution < -0.4 is 0 Å². The maximum atomic E-state index is 6.06. The van der Waals surface area contributed by atoms with Crippen molar-refractivity contribution >= 4 is 27.9 Å². The van der Waals surface area contributed by atoms with Crippen molar-refractivity contribution in [3.05, 3.63) is 59.1 Å². The maximum absolute atomic E-state index is 6.06. The number of rotatable bonds is 2. The third kappa shape index (κ3) is 2.19. The zero-order valence-corrected chi connectivity index (χ0v) is 13.3. The Hall–Kier alpha value is -2.24. The molecule has 0 amide bonds. The summed E-state index contributed by atoms with van der Waals surface area (Å²) in [5.41, 5.74) is 3.22. The third-order valence-corrected chi connectivity index (χ3v) is 4.62. The number of hydrogen-bond acceptors (Lipinski definition) is 4. The van der Waals surface area contributed by atoms with Gasteiger partial charge in [-0.1, -0.05) is 59.3 Å². The van der Waals surface area contributed by atoms with Gasteiger partial charge in [0.25, 0.3) is 0 Å². The molecular weight excluding hydrogens is 316 g/mol. The summed E-state index contributed by atoms with van der Waals surface area (Å²) in [6, 6.07) is 15.7. The predicted octanol–water partition coefficient (Wildman–Crippen LogP) is 4.48. The van der Waals surface area contributed by atoms with Crippen LogP contribution in [0, 0.1) is 6.92 Å². The fraction of sp³-hybridized carbons (Fsp3) is 0.0625. The Labute approximate surface area is 136 Å². The minimum absolute atomic E-state index is 0.670. The standard InChI is InChI=1S/C16H11ClN4S/c1-10-5-2-3-8-13(10)15-20-21-14(18-19-16(21)22-15)11-6-4-7-12(17)9-11/h2-9H,1H3. The van der Waals surface area contributed by atoms with Crippen molar-refractivity contribution in [2.45, 2.75) is 6.92 Å². The molecule has 0 unspecified atom stereocenters.